The lowest BCUT2D eigenvalue weighted by Gasteiger charge is -2.06. The summed E-state index contributed by atoms with van der Waals surface area (Å²) in [4.78, 5) is 0. The van der Waals surface area contributed by atoms with Gasteiger partial charge in [-0.3, -0.25) is 5.43 Å². The molecule has 0 unspecified atom stereocenters. The number of hydrazone groups is 1. The van der Waals surface area contributed by atoms with Crippen LogP contribution in [-0.4, -0.2) is 17.9 Å². The van der Waals surface area contributed by atoms with Crippen LogP contribution >= 0.6 is 12.2 Å². The Morgan fingerprint density at radius 1 is 1.25 bits per heavy atom. The fraction of sp³-hybridized carbons (Fsp3) is 0.333. The summed E-state index contributed by atoms with van der Waals surface area (Å²) in [6, 6.07) is 6.28. The van der Waals surface area contributed by atoms with Crippen LogP contribution in [0.2, 0.25) is 0 Å². The third kappa shape index (κ3) is 3.31. The van der Waals surface area contributed by atoms with Gasteiger partial charge in [0.25, 0.3) is 0 Å². The van der Waals surface area contributed by atoms with Gasteiger partial charge in [-0.15, -0.1) is 0 Å². The van der Waals surface area contributed by atoms with Crippen LogP contribution in [0, 0.1) is 13.8 Å². The lowest BCUT2D eigenvalue weighted by Crippen LogP contribution is -2.29. The van der Waals surface area contributed by atoms with Gasteiger partial charge in [-0.25, -0.2) is 0 Å². The smallest absolute Gasteiger partial charge is 0.186 e. The molecular formula is C12H17N3S. The van der Waals surface area contributed by atoms with Crippen LogP contribution < -0.4 is 10.7 Å². The van der Waals surface area contributed by atoms with Crippen molar-refractivity contribution in [3.8, 4) is 0 Å². The molecule has 4 heteroatoms. The molecule has 0 fully saturated rings. The average Bonchev–Trinajstić information content (AvgIpc) is 2.29. The van der Waals surface area contributed by atoms with E-state index in [0.717, 1.165) is 11.3 Å². The van der Waals surface area contributed by atoms with E-state index in [1.54, 1.807) is 7.05 Å². The average molecular weight is 235 g/mol. The molecule has 0 aliphatic carbocycles. The summed E-state index contributed by atoms with van der Waals surface area (Å²) in [5, 5.41) is 7.52. The van der Waals surface area contributed by atoms with Crippen molar-refractivity contribution in [2.45, 2.75) is 20.8 Å². The van der Waals surface area contributed by atoms with Gasteiger partial charge in [0, 0.05) is 7.05 Å². The predicted molar refractivity (Wildman–Crippen MR) is 72.9 cm³/mol. The van der Waals surface area contributed by atoms with Crippen molar-refractivity contribution in [1.29, 1.82) is 0 Å². The van der Waals surface area contributed by atoms with Gasteiger partial charge >= 0.3 is 0 Å². The van der Waals surface area contributed by atoms with E-state index in [2.05, 4.69) is 47.9 Å². The Balaban J connectivity index is 2.83. The van der Waals surface area contributed by atoms with Gasteiger partial charge in [-0.2, -0.15) is 5.10 Å². The summed E-state index contributed by atoms with van der Waals surface area (Å²) in [6.45, 7) is 6.15. The fourth-order valence-electron chi connectivity index (χ4n) is 1.22. The van der Waals surface area contributed by atoms with Crippen LogP contribution in [0.1, 0.15) is 23.6 Å². The highest BCUT2D eigenvalue weighted by atomic mass is 32.1. The van der Waals surface area contributed by atoms with Gasteiger partial charge in [-0.05, 0) is 55.7 Å². The van der Waals surface area contributed by atoms with Crippen LogP contribution in [0.15, 0.2) is 23.3 Å². The maximum atomic E-state index is 4.94. The highest BCUT2D eigenvalue weighted by Gasteiger charge is 2.00. The third-order valence-electron chi connectivity index (χ3n) is 2.48. The Labute approximate surface area is 102 Å². The molecule has 0 saturated heterocycles. The van der Waals surface area contributed by atoms with E-state index < -0.39 is 0 Å². The Bertz CT molecular complexity index is 424. The lowest BCUT2D eigenvalue weighted by molar-refractivity contribution is 0.974. The standard InChI is InChI=1S/C12H17N3S/c1-8-5-6-11(7-9(8)2)10(3)14-15-12(16)13-4/h5-7H,1-4H3,(H2,13,15,16)/b14-10-. The molecule has 3 nitrogen and oxygen atoms in total. The van der Waals surface area contributed by atoms with Crippen molar-refractivity contribution in [3.63, 3.8) is 0 Å². The van der Waals surface area contributed by atoms with Crippen LogP contribution in [0.25, 0.3) is 0 Å². The molecule has 0 aliphatic heterocycles. The van der Waals surface area contributed by atoms with Crippen LogP contribution in [0.3, 0.4) is 0 Å². The number of hydrogen-bond acceptors (Lipinski definition) is 2. The highest BCUT2D eigenvalue weighted by molar-refractivity contribution is 7.80. The van der Waals surface area contributed by atoms with Gasteiger partial charge in [-0.1, -0.05) is 12.1 Å². The predicted octanol–water partition coefficient (Wildman–Crippen LogP) is 2.12. The van der Waals surface area contributed by atoms with E-state index in [1.165, 1.54) is 11.1 Å². The van der Waals surface area contributed by atoms with Crippen molar-refractivity contribution in [3.05, 3.63) is 34.9 Å². The summed E-state index contributed by atoms with van der Waals surface area (Å²) >= 11 is 4.94. The molecule has 0 spiro atoms. The molecule has 2 N–H and O–H groups in total. The summed E-state index contributed by atoms with van der Waals surface area (Å²) < 4.78 is 0. The normalized spacial score (nSPS) is 11.1. The first kappa shape index (κ1) is 12.6. The van der Waals surface area contributed by atoms with Crippen molar-refractivity contribution in [2.75, 3.05) is 7.05 Å². The fourth-order valence-corrected chi connectivity index (χ4v) is 1.27. The number of hydrogen-bond donors (Lipinski definition) is 2. The zero-order valence-corrected chi connectivity index (χ0v) is 10.9. The number of benzene rings is 1. The van der Waals surface area contributed by atoms with Crippen molar-refractivity contribution < 1.29 is 0 Å². The topological polar surface area (TPSA) is 36.4 Å². The third-order valence-corrected chi connectivity index (χ3v) is 2.77. The summed E-state index contributed by atoms with van der Waals surface area (Å²) in [6.07, 6.45) is 0. The number of thiocarbonyl (C=S) groups is 1. The van der Waals surface area contributed by atoms with Gasteiger partial charge in [0.2, 0.25) is 0 Å². The van der Waals surface area contributed by atoms with Crippen molar-refractivity contribution in [1.82, 2.24) is 10.7 Å². The molecule has 0 aliphatic rings. The van der Waals surface area contributed by atoms with Crippen molar-refractivity contribution >= 4 is 23.0 Å². The second-order valence-electron chi connectivity index (χ2n) is 3.69. The molecule has 86 valence electrons. The molecule has 0 radical (unpaired) electrons. The minimum atomic E-state index is 0.517. The SMILES string of the molecule is CNC(=S)N/N=C(/C)c1ccc(C)c(C)c1. The largest absolute Gasteiger partial charge is 0.364 e. The molecule has 0 atom stereocenters. The Morgan fingerprint density at radius 2 is 1.94 bits per heavy atom. The van der Waals surface area contributed by atoms with E-state index in [0.29, 0.717) is 5.11 Å². The van der Waals surface area contributed by atoms with Crippen LogP contribution in [0.5, 0.6) is 0 Å². The minimum Gasteiger partial charge on any atom is -0.364 e. The van der Waals surface area contributed by atoms with E-state index in [1.807, 2.05) is 6.92 Å². The lowest BCUT2D eigenvalue weighted by atomic mass is 10.0. The maximum absolute atomic E-state index is 4.94. The minimum absolute atomic E-state index is 0.517. The second-order valence-corrected chi connectivity index (χ2v) is 4.10. The zero-order valence-electron chi connectivity index (χ0n) is 10.1. The van der Waals surface area contributed by atoms with Crippen LogP contribution in [-0.2, 0) is 0 Å². The molecule has 0 saturated carbocycles. The number of nitrogens with zero attached hydrogens (tertiary/aromatic N) is 1. The van der Waals surface area contributed by atoms with Gasteiger partial charge in [0.1, 0.15) is 0 Å². The number of aryl methyl sites for hydroxylation is 2. The van der Waals surface area contributed by atoms with E-state index in [-0.39, 0.29) is 0 Å². The van der Waals surface area contributed by atoms with E-state index in [4.69, 9.17) is 12.2 Å². The molecule has 1 aromatic carbocycles. The molecule has 0 aromatic heterocycles. The van der Waals surface area contributed by atoms with Crippen molar-refractivity contribution in [2.24, 2.45) is 5.10 Å². The summed E-state index contributed by atoms with van der Waals surface area (Å²) in [5.41, 5.74) is 7.35. The number of rotatable bonds is 2. The quantitative estimate of drug-likeness (QED) is 0.468. The molecule has 16 heavy (non-hydrogen) atoms. The second kappa shape index (κ2) is 5.61. The van der Waals surface area contributed by atoms with Crippen LogP contribution in [0.4, 0.5) is 0 Å². The first-order valence-electron chi connectivity index (χ1n) is 5.14. The van der Waals surface area contributed by atoms with E-state index >= 15 is 0 Å². The summed E-state index contributed by atoms with van der Waals surface area (Å²) in [7, 11) is 1.76. The van der Waals surface area contributed by atoms with Gasteiger partial charge in [0.15, 0.2) is 5.11 Å². The number of nitrogens with one attached hydrogen (secondary N) is 2. The van der Waals surface area contributed by atoms with E-state index in [9.17, 15) is 0 Å². The Morgan fingerprint density at radius 3 is 2.50 bits per heavy atom. The molecule has 1 aromatic rings. The molecular weight excluding hydrogens is 218 g/mol. The molecule has 0 bridgehead atoms. The first-order valence-corrected chi connectivity index (χ1v) is 5.55. The van der Waals surface area contributed by atoms with Gasteiger partial charge < -0.3 is 5.32 Å². The van der Waals surface area contributed by atoms with Gasteiger partial charge in [0.05, 0.1) is 5.71 Å². The first-order chi connectivity index (χ1) is 7.54. The maximum Gasteiger partial charge on any atom is 0.186 e. The molecule has 0 amide bonds. The monoisotopic (exact) mass is 235 g/mol. The molecule has 1 rings (SSSR count). The Kier molecular flexibility index (Phi) is 4.43. The summed E-state index contributed by atoms with van der Waals surface area (Å²) in [5.74, 6) is 0. The highest BCUT2D eigenvalue weighted by Crippen LogP contribution is 2.10. The zero-order chi connectivity index (χ0) is 12.1. The Hall–Kier alpha value is -1.42. The molecule has 0 heterocycles.